The highest BCUT2D eigenvalue weighted by Crippen LogP contribution is 2.11. The molecular formula is C13H18N4O2S. The lowest BCUT2D eigenvalue weighted by molar-refractivity contribution is 0.580. The normalized spacial score (nSPS) is 11.7. The van der Waals surface area contributed by atoms with Crippen molar-refractivity contribution in [2.75, 3.05) is 6.54 Å². The van der Waals surface area contributed by atoms with E-state index >= 15 is 0 Å². The van der Waals surface area contributed by atoms with Gasteiger partial charge in [0.15, 0.2) is 0 Å². The van der Waals surface area contributed by atoms with E-state index in [0.717, 1.165) is 11.4 Å². The Hall–Kier alpha value is -1.70. The molecule has 1 heterocycles. The van der Waals surface area contributed by atoms with Crippen LogP contribution in [0.25, 0.3) is 0 Å². The van der Waals surface area contributed by atoms with E-state index in [2.05, 4.69) is 9.71 Å². The average molecular weight is 294 g/mol. The zero-order chi connectivity index (χ0) is 14.6. The average Bonchev–Trinajstić information content (AvgIpc) is 2.84. The number of hydrogen-bond donors (Lipinski definition) is 2. The fourth-order valence-electron chi connectivity index (χ4n) is 1.86. The highest BCUT2D eigenvalue weighted by Gasteiger charge is 2.14. The maximum Gasteiger partial charge on any atom is 0.240 e. The monoisotopic (exact) mass is 294 g/mol. The van der Waals surface area contributed by atoms with Crippen molar-refractivity contribution < 1.29 is 8.42 Å². The minimum absolute atomic E-state index is 0.236. The number of rotatable bonds is 6. The first-order valence-corrected chi connectivity index (χ1v) is 7.76. The molecule has 0 amide bonds. The summed E-state index contributed by atoms with van der Waals surface area (Å²) in [5, 5.41) is 0. The molecule has 0 bridgehead atoms. The fraction of sp³-hybridized carbons (Fsp3) is 0.308. The van der Waals surface area contributed by atoms with E-state index < -0.39 is 10.0 Å². The molecule has 0 fully saturated rings. The van der Waals surface area contributed by atoms with Gasteiger partial charge in [-0.05, 0) is 17.7 Å². The molecule has 0 aliphatic heterocycles. The number of imidazole rings is 1. The number of nitrogens with zero attached hydrogens (tertiary/aromatic N) is 2. The van der Waals surface area contributed by atoms with Crippen LogP contribution in [0.1, 0.15) is 11.4 Å². The summed E-state index contributed by atoms with van der Waals surface area (Å²) in [6.07, 6.45) is 4.06. The van der Waals surface area contributed by atoms with Gasteiger partial charge in [0, 0.05) is 39.0 Å². The molecule has 1 aromatic carbocycles. The Labute approximate surface area is 118 Å². The van der Waals surface area contributed by atoms with Crippen molar-refractivity contribution in [3.05, 3.63) is 48.0 Å². The number of hydrogen-bond acceptors (Lipinski definition) is 4. The van der Waals surface area contributed by atoms with Gasteiger partial charge in [-0.15, -0.1) is 0 Å². The summed E-state index contributed by atoms with van der Waals surface area (Å²) in [7, 11) is -1.62. The lowest BCUT2D eigenvalue weighted by Gasteiger charge is -2.08. The number of sulfonamides is 1. The Morgan fingerprint density at radius 2 is 2.20 bits per heavy atom. The van der Waals surface area contributed by atoms with Crippen LogP contribution >= 0.6 is 0 Å². The Bertz CT molecular complexity index is 679. The molecule has 7 heteroatoms. The fourth-order valence-corrected chi connectivity index (χ4v) is 2.96. The van der Waals surface area contributed by atoms with Crippen molar-refractivity contribution in [2.24, 2.45) is 12.8 Å². The minimum atomic E-state index is -3.50. The van der Waals surface area contributed by atoms with Crippen LogP contribution in [0.2, 0.25) is 0 Å². The quantitative estimate of drug-likeness (QED) is 0.807. The van der Waals surface area contributed by atoms with Gasteiger partial charge in [0.05, 0.1) is 4.90 Å². The van der Waals surface area contributed by atoms with Crippen molar-refractivity contribution in [2.45, 2.75) is 17.9 Å². The molecule has 2 rings (SSSR count). The summed E-state index contributed by atoms with van der Waals surface area (Å²) in [6.45, 7) is 0.622. The Kier molecular flexibility index (Phi) is 4.53. The molecule has 6 nitrogen and oxygen atoms in total. The zero-order valence-electron chi connectivity index (χ0n) is 11.3. The SMILES string of the molecule is Cn1ccnc1CCNS(=O)(=O)c1cccc(CN)c1. The van der Waals surface area contributed by atoms with Crippen molar-refractivity contribution in [3.63, 3.8) is 0 Å². The number of benzene rings is 1. The van der Waals surface area contributed by atoms with Gasteiger partial charge < -0.3 is 10.3 Å². The van der Waals surface area contributed by atoms with Crippen molar-refractivity contribution >= 4 is 10.0 Å². The third-order valence-corrected chi connectivity index (χ3v) is 4.46. The summed E-state index contributed by atoms with van der Waals surface area (Å²) < 4.78 is 28.7. The summed E-state index contributed by atoms with van der Waals surface area (Å²) in [5.41, 5.74) is 6.31. The highest BCUT2D eigenvalue weighted by atomic mass is 32.2. The molecule has 0 atom stereocenters. The molecule has 3 N–H and O–H groups in total. The molecule has 0 radical (unpaired) electrons. The molecular weight excluding hydrogens is 276 g/mol. The molecule has 20 heavy (non-hydrogen) atoms. The van der Waals surface area contributed by atoms with E-state index in [0.29, 0.717) is 19.5 Å². The predicted octanol–water partition coefficient (Wildman–Crippen LogP) is 0.400. The van der Waals surface area contributed by atoms with Crippen molar-refractivity contribution in [1.82, 2.24) is 14.3 Å². The van der Waals surface area contributed by atoms with Crippen LogP contribution in [0.3, 0.4) is 0 Å². The second-order valence-corrected chi connectivity index (χ2v) is 6.22. The smallest absolute Gasteiger partial charge is 0.240 e. The number of aryl methyl sites for hydroxylation is 1. The maximum absolute atomic E-state index is 12.1. The van der Waals surface area contributed by atoms with E-state index in [9.17, 15) is 8.42 Å². The van der Waals surface area contributed by atoms with Gasteiger partial charge in [0.1, 0.15) is 5.82 Å². The first-order valence-electron chi connectivity index (χ1n) is 6.28. The summed E-state index contributed by atoms with van der Waals surface area (Å²) in [6, 6.07) is 6.63. The summed E-state index contributed by atoms with van der Waals surface area (Å²) >= 11 is 0. The third-order valence-electron chi connectivity index (χ3n) is 3.01. The van der Waals surface area contributed by atoms with Crippen LogP contribution < -0.4 is 10.5 Å². The Morgan fingerprint density at radius 3 is 2.85 bits per heavy atom. The standard InChI is InChI=1S/C13H18N4O2S/c1-17-8-7-15-13(17)5-6-16-20(18,19)12-4-2-3-11(9-12)10-14/h2-4,7-9,16H,5-6,10,14H2,1H3. The first kappa shape index (κ1) is 14.7. The summed E-state index contributed by atoms with van der Waals surface area (Å²) in [5.74, 6) is 0.836. The van der Waals surface area contributed by atoms with Crippen LogP contribution in [0, 0.1) is 0 Å². The number of nitrogens with one attached hydrogen (secondary N) is 1. The largest absolute Gasteiger partial charge is 0.338 e. The van der Waals surface area contributed by atoms with Crippen LogP contribution in [0.5, 0.6) is 0 Å². The van der Waals surface area contributed by atoms with Crippen LogP contribution in [-0.4, -0.2) is 24.5 Å². The predicted molar refractivity (Wildman–Crippen MR) is 76.4 cm³/mol. The number of aromatic nitrogens is 2. The molecule has 0 unspecified atom stereocenters. The molecule has 0 spiro atoms. The maximum atomic E-state index is 12.1. The first-order chi connectivity index (χ1) is 9.53. The lowest BCUT2D eigenvalue weighted by atomic mass is 10.2. The van der Waals surface area contributed by atoms with Crippen LogP contribution in [-0.2, 0) is 30.0 Å². The van der Waals surface area contributed by atoms with E-state index in [1.807, 2.05) is 17.8 Å². The van der Waals surface area contributed by atoms with Gasteiger partial charge in [0.25, 0.3) is 0 Å². The summed E-state index contributed by atoms with van der Waals surface area (Å²) in [4.78, 5) is 4.38. The van der Waals surface area contributed by atoms with Crippen molar-refractivity contribution in [1.29, 1.82) is 0 Å². The second-order valence-electron chi connectivity index (χ2n) is 4.45. The Balaban J connectivity index is 2.02. The molecule has 0 aliphatic carbocycles. The van der Waals surface area contributed by atoms with Crippen molar-refractivity contribution in [3.8, 4) is 0 Å². The molecule has 0 aliphatic rings. The lowest BCUT2D eigenvalue weighted by Crippen LogP contribution is -2.26. The van der Waals surface area contributed by atoms with Gasteiger partial charge >= 0.3 is 0 Å². The molecule has 0 saturated heterocycles. The zero-order valence-corrected chi connectivity index (χ0v) is 12.1. The second kappa shape index (κ2) is 6.17. The highest BCUT2D eigenvalue weighted by molar-refractivity contribution is 7.89. The van der Waals surface area contributed by atoms with Gasteiger partial charge in [-0.2, -0.15) is 0 Å². The minimum Gasteiger partial charge on any atom is -0.338 e. The van der Waals surface area contributed by atoms with Gasteiger partial charge in [-0.3, -0.25) is 0 Å². The Morgan fingerprint density at radius 1 is 1.40 bits per heavy atom. The number of nitrogens with two attached hydrogens (primary N) is 1. The van der Waals surface area contributed by atoms with Gasteiger partial charge in [-0.25, -0.2) is 18.1 Å². The third kappa shape index (κ3) is 3.44. The van der Waals surface area contributed by atoms with E-state index in [1.54, 1.807) is 30.5 Å². The molecule has 0 saturated carbocycles. The van der Waals surface area contributed by atoms with Gasteiger partial charge in [-0.1, -0.05) is 12.1 Å². The topological polar surface area (TPSA) is 90.0 Å². The van der Waals surface area contributed by atoms with Crippen LogP contribution in [0.15, 0.2) is 41.6 Å². The van der Waals surface area contributed by atoms with E-state index in [1.165, 1.54) is 0 Å². The van der Waals surface area contributed by atoms with E-state index in [4.69, 9.17) is 5.73 Å². The van der Waals surface area contributed by atoms with Gasteiger partial charge in [0.2, 0.25) is 10.0 Å². The molecule has 108 valence electrons. The molecule has 2 aromatic rings. The molecule has 1 aromatic heterocycles. The van der Waals surface area contributed by atoms with E-state index in [-0.39, 0.29) is 4.90 Å². The van der Waals surface area contributed by atoms with Crippen LogP contribution in [0.4, 0.5) is 0 Å².